The first-order valence-electron chi connectivity index (χ1n) is 0.679. The summed E-state index contributed by atoms with van der Waals surface area (Å²) in [6, 6.07) is 0. The van der Waals surface area contributed by atoms with Gasteiger partial charge in [0.05, 0.1) is 0 Å². The standard InChI is InChI=1S/F4OXe/c1-6(2,3,4)5. The average molecular weight is 223 g/mol. The molecule has 0 aliphatic heterocycles. The summed E-state index contributed by atoms with van der Waals surface area (Å²) in [4.78, 5) is 0. The Labute approximate surface area is 40.5 Å². The van der Waals surface area contributed by atoms with Crippen molar-refractivity contribution in [2.75, 3.05) is 0 Å². The number of halogens is 4. The molecule has 0 N–H and O–H groups in total. The fourth-order valence-electron chi connectivity index (χ4n) is 0. The van der Waals surface area contributed by atoms with Crippen LogP contribution in [0.1, 0.15) is 0 Å². The predicted molar refractivity (Wildman–Crippen MR) is 5.12 cm³/mol. The van der Waals surface area contributed by atoms with Crippen molar-refractivity contribution in [3.05, 3.63) is 0 Å². The quantitative estimate of drug-likeness (QED) is 0.570. The van der Waals surface area contributed by atoms with E-state index in [9.17, 15) is 0.334 Å². The molecular formula is F4OXe. The molecule has 0 saturated heterocycles. The summed E-state index contributed by atoms with van der Waals surface area (Å²) in [5, 5.41) is 0. The maximum absolute atomic E-state index is 10.00. The van der Waals surface area contributed by atoms with E-state index < -0.39 is 41.0 Å². The van der Waals surface area contributed by atoms with Crippen molar-refractivity contribution >= 4 is 0 Å². The van der Waals surface area contributed by atoms with Crippen molar-refractivity contribution in [2.24, 2.45) is 0 Å². The van der Waals surface area contributed by atoms with Gasteiger partial charge in [-0.15, -0.1) is 0 Å². The Morgan fingerprint density at radius 3 is 1.00 bits per heavy atom. The van der Waals surface area contributed by atoms with E-state index >= 15 is 0 Å². The third-order valence-corrected chi connectivity index (χ3v) is 0. The number of hydrogen-bond acceptors (Lipinski definition) is 1. The minimum absolute atomic E-state index is 8.19. The first kappa shape index (κ1) is 7.09. The summed E-state index contributed by atoms with van der Waals surface area (Å²) >= 11 is -8.72. The third kappa shape index (κ3) is 71.5. The Morgan fingerprint density at radius 1 is 1.00 bits per heavy atom. The summed E-state index contributed by atoms with van der Waals surface area (Å²) in [6.07, 6.45) is 0. The van der Waals surface area contributed by atoms with E-state index in [1.54, 1.807) is 0 Å². The van der Waals surface area contributed by atoms with Gasteiger partial charge >= 0.3 is 41.4 Å². The fourth-order valence-corrected chi connectivity index (χ4v) is 0. The van der Waals surface area contributed by atoms with E-state index in [1.165, 1.54) is 0 Å². The van der Waals surface area contributed by atoms with Gasteiger partial charge in [0.25, 0.3) is 0 Å². The minimum atomic E-state index is -8.72. The fraction of sp³-hybridized carbons (Fsp3) is 0. The Bertz CT molecular complexity index is 85.2. The van der Waals surface area contributed by atoms with Gasteiger partial charge in [-0.2, -0.15) is 0 Å². The van der Waals surface area contributed by atoms with Crippen molar-refractivity contribution in [1.29, 1.82) is 0 Å². The summed E-state index contributed by atoms with van der Waals surface area (Å²) < 4.78 is 48.2. The van der Waals surface area contributed by atoms with Crippen LogP contribution >= 0.6 is 0 Å². The molecule has 0 amide bonds. The van der Waals surface area contributed by atoms with Gasteiger partial charge in [0.2, 0.25) is 0 Å². The molecule has 1 nitrogen and oxygen atoms in total. The van der Waals surface area contributed by atoms with Gasteiger partial charge in [-0.1, -0.05) is 0 Å². The molecule has 0 spiro atoms. The topological polar surface area (TPSA) is 17.1 Å². The summed E-state index contributed by atoms with van der Waals surface area (Å²) in [6.45, 7) is 0. The maximum atomic E-state index is 10.00. The molecule has 0 aromatic heterocycles. The van der Waals surface area contributed by atoms with Crippen LogP contribution < -0.4 is 0 Å². The molecule has 0 aliphatic rings. The molecule has 0 radical (unpaired) electrons. The van der Waals surface area contributed by atoms with Gasteiger partial charge in [0.1, 0.15) is 0 Å². The molecule has 6 heteroatoms. The third-order valence-electron chi connectivity index (χ3n) is 0. The van der Waals surface area contributed by atoms with Gasteiger partial charge in [-0.3, -0.25) is 0 Å². The van der Waals surface area contributed by atoms with Crippen LogP contribution in [0.2, 0.25) is 0 Å². The van der Waals surface area contributed by atoms with Gasteiger partial charge in [-0.05, 0) is 0 Å². The molecule has 0 bridgehead atoms. The van der Waals surface area contributed by atoms with Gasteiger partial charge < -0.3 is 0 Å². The predicted octanol–water partition coefficient (Wildman–Crippen LogP) is 1.56. The van der Waals surface area contributed by atoms with Crippen molar-refractivity contribution < 1.29 is 41.4 Å². The van der Waals surface area contributed by atoms with E-state index in [0.717, 1.165) is 0 Å². The second kappa shape index (κ2) is 1.28. The zero-order valence-corrected chi connectivity index (χ0v) is 4.29. The molecule has 0 heterocycles. The molecule has 0 fully saturated rings. The molecule has 0 aromatic rings. The SMILES string of the molecule is O=[Xe](F)(F)(F)F. The van der Waals surface area contributed by atoms with Gasteiger partial charge in [-0.25, -0.2) is 0 Å². The molecule has 6 heavy (non-hydrogen) atoms. The first-order chi connectivity index (χ1) is 2.24. The van der Waals surface area contributed by atoms with Crippen LogP contribution in [0, 0.1) is 41.0 Å². The normalized spacial score (nSPS) is 19.0. The van der Waals surface area contributed by atoms with Crippen LogP contribution in [-0.4, -0.2) is 0 Å². The molecule has 0 unspecified atom stereocenters. The van der Waals surface area contributed by atoms with Crippen LogP contribution in [0.4, 0.5) is 0.334 Å². The van der Waals surface area contributed by atoms with E-state index in [2.05, 4.69) is 0 Å². The number of rotatable bonds is 0. The first-order valence-corrected chi connectivity index (χ1v) is 4.55. The summed E-state index contributed by atoms with van der Waals surface area (Å²) in [7, 11) is 0. The van der Waals surface area contributed by atoms with Crippen LogP contribution in [0.25, 0.3) is 0 Å². The Hall–Kier alpha value is 1.09. The summed E-state index contributed by atoms with van der Waals surface area (Å²) in [5.41, 5.74) is 0. The Morgan fingerprint density at radius 2 is 1.00 bits per heavy atom. The summed E-state index contributed by atoms with van der Waals surface area (Å²) in [5.74, 6) is 0. The second-order valence-corrected chi connectivity index (χ2v) is 3.50. The van der Waals surface area contributed by atoms with Gasteiger partial charge in [0.15, 0.2) is 0 Å². The van der Waals surface area contributed by atoms with Crippen LogP contribution in [0.5, 0.6) is 0 Å². The van der Waals surface area contributed by atoms with Crippen LogP contribution in [0.3, 0.4) is 0 Å². The zero-order valence-electron chi connectivity index (χ0n) is 2.27. The molecule has 0 rings (SSSR count). The molecule has 42 valence electrons. The van der Waals surface area contributed by atoms with Crippen molar-refractivity contribution in [1.82, 2.24) is 0 Å². The Balaban J connectivity index is 4.16. The van der Waals surface area contributed by atoms with Crippen LogP contribution in [0.15, 0.2) is 0 Å². The molecule has 0 atom stereocenters. The zero-order chi connectivity index (χ0) is 5.45. The van der Waals surface area contributed by atoms with E-state index in [4.69, 9.17) is 0.0399 Å². The Kier molecular flexibility index (Phi) is 1.52. The van der Waals surface area contributed by atoms with Crippen molar-refractivity contribution in [2.45, 2.75) is 0 Å². The molecular weight excluding hydrogens is 223 g/mol. The monoisotopic (exact) mass is 224 g/mol. The molecule has 0 aromatic carbocycles. The van der Waals surface area contributed by atoms with Crippen LogP contribution in [-0.2, 0) is 0.0399 Å². The van der Waals surface area contributed by atoms with Gasteiger partial charge in [0, 0.05) is 0 Å². The van der Waals surface area contributed by atoms with E-state index in [1.807, 2.05) is 0 Å². The molecule has 0 saturated carbocycles. The average Bonchev–Trinajstić information content (AvgIpc) is 0.650. The van der Waals surface area contributed by atoms with E-state index in [0.29, 0.717) is 0 Å². The van der Waals surface area contributed by atoms with E-state index in [-0.39, 0.29) is 0 Å². The number of hydrogen-bond donors (Lipinski definition) is 0. The van der Waals surface area contributed by atoms with Crippen molar-refractivity contribution in [3.63, 3.8) is 0 Å². The second-order valence-electron chi connectivity index (χ2n) is 0.521. The molecule has 0 aliphatic carbocycles. The van der Waals surface area contributed by atoms with Crippen molar-refractivity contribution in [3.8, 4) is 0 Å².